The second-order valence-corrected chi connectivity index (χ2v) is 5.67. The van der Waals surface area contributed by atoms with E-state index in [2.05, 4.69) is 5.16 Å². The number of halogens is 2. The highest BCUT2D eigenvalue weighted by Gasteiger charge is 2.32. The molecule has 23 heavy (non-hydrogen) atoms. The van der Waals surface area contributed by atoms with Gasteiger partial charge in [0.15, 0.2) is 5.71 Å². The van der Waals surface area contributed by atoms with E-state index in [1.807, 2.05) is 6.07 Å². The highest BCUT2D eigenvalue weighted by Crippen LogP contribution is 2.28. The number of hydrogen-bond acceptors (Lipinski definition) is 4. The Kier molecular flexibility index (Phi) is 4.07. The van der Waals surface area contributed by atoms with Gasteiger partial charge in [0, 0.05) is 17.6 Å². The molecule has 0 radical (unpaired) electrons. The number of para-hydroxylation sites is 1. The van der Waals surface area contributed by atoms with Crippen LogP contribution >= 0.6 is 23.2 Å². The minimum Gasteiger partial charge on any atom is -0.312 e. The van der Waals surface area contributed by atoms with Crippen LogP contribution in [0.25, 0.3) is 0 Å². The summed E-state index contributed by atoms with van der Waals surface area (Å²) in [7, 11) is 1.63. The van der Waals surface area contributed by atoms with Crippen LogP contribution in [0, 0.1) is 0 Å². The molecule has 1 amide bonds. The molecular formula is C16H10Cl2N2O3. The lowest BCUT2D eigenvalue weighted by atomic mass is 10.1. The number of likely N-dealkylation sites (N-methyl/N-ethyl adjacent to an activating group) is 1. The van der Waals surface area contributed by atoms with Crippen LogP contribution in [-0.2, 0) is 9.63 Å². The number of fused-ring (bicyclic) bond motifs is 1. The van der Waals surface area contributed by atoms with Gasteiger partial charge >= 0.3 is 5.97 Å². The van der Waals surface area contributed by atoms with Gasteiger partial charge in [-0.2, -0.15) is 0 Å². The maximum absolute atomic E-state index is 12.2. The fourth-order valence-electron chi connectivity index (χ4n) is 2.23. The van der Waals surface area contributed by atoms with E-state index in [1.165, 1.54) is 23.1 Å². The van der Waals surface area contributed by atoms with Crippen LogP contribution in [0.1, 0.15) is 15.9 Å². The van der Waals surface area contributed by atoms with Gasteiger partial charge in [-0.25, -0.2) is 4.79 Å². The summed E-state index contributed by atoms with van der Waals surface area (Å²) >= 11 is 11.7. The van der Waals surface area contributed by atoms with E-state index < -0.39 is 5.97 Å². The molecule has 0 atom stereocenters. The minimum atomic E-state index is -0.765. The molecule has 116 valence electrons. The molecule has 5 nitrogen and oxygen atoms in total. The third-order valence-corrected chi connectivity index (χ3v) is 3.95. The second-order valence-electron chi connectivity index (χ2n) is 4.82. The van der Waals surface area contributed by atoms with Crippen LogP contribution in [-0.4, -0.2) is 24.6 Å². The minimum absolute atomic E-state index is 0.0709. The van der Waals surface area contributed by atoms with Crippen LogP contribution in [0.15, 0.2) is 47.6 Å². The molecule has 0 N–H and O–H groups in total. The van der Waals surface area contributed by atoms with Crippen molar-refractivity contribution in [2.45, 2.75) is 0 Å². The average molecular weight is 349 g/mol. The van der Waals surface area contributed by atoms with Gasteiger partial charge < -0.3 is 9.74 Å². The zero-order valence-electron chi connectivity index (χ0n) is 11.9. The highest BCUT2D eigenvalue weighted by atomic mass is 35.5. The van der Waals surface area contributed by atoms with Crippen molar-refractivity contribution in [3.63, 3.8) is 0 Å². The summed E-state index contributed by atoms with van der Waals surface area (Å²) in [5, 5.41) is 4.27. The number of oxime groups is 1. The van der Waals surface area contributed by atoms with E-state index in [-0.39, 0.29) is 22.2 Å². The molecule has 0 spiro atoms. The molecule has 0 aliphatic carbocycles. The van der Waals surface area contributed by atoms with E-state index in [0.717, 1.165) is 0 Å². The molecule has 0 saturated carbocycles. The Hall–Kier alpha value is -2.37. The van der Waals surface area contributed by atoms with Crippen LogP contribution in [0.5, 0.6) is 0 Å². The molecular weight excluding hydrogens is 339 g/mol. The Labute approximate surface area is 142 Å². The van der Waals surface area contributed by atoms with E-state index in [1.54, 1.807) is 25.2 Å². The Bertz CT molecular complexity index is 849. The monoisotopic (exact) mass is 348 g/mol. The smallest absolute Gasteiger partial charge is 0.312 e. The number of carbonyl (C=O) groups excluding carboxylic acids is 2. The molecule has 0 unspecified atom stereocenters. The first-order valence-corrected chi connectivity index (χ1v) is 7.36. The summed E-state index contributed by atoms with van der Waals surface area (Å²) in [4.78, 5) is 30.6. The van der Waals surface area contributed by atoms with E-state index in [0.29, 0.717) is 16.3 Å². The van der Waals surface area contributed by atoms with E-state index in [9.17, 15) is 9.59 Å². The summed E-state index contributed by atoms with van der Waals surface area (Å²) < 4.78 is 0. The van der Waals surface area contributed by atoms with Gasteiger partial charge in [0.25, 0.3) is 5.91 Å². The number of anilines is 1. The lowest BCUT2D eigenvalue weighted by molar-refractivity contribution is -0.112. The third kappa shape index (κ3) is 2.81. The average Bonchev–Trinajstić information content (AvgIpc) is 2.77. The summed E-state index contributed by atoms with van der Waals surface area (Å²) in [6.45, 7) is 0. The molecule has 0 saturated heterocycles. The van der Waals surface area contributed by atoms with Gasteiger partial charge in [0.1, 0.15) is 0 Å². The van der Waals surface area contributed by atoms with Crippen molar-refractivity contribution >= 4 is 46.5 Å². The summed E-state index contributed by atoms with van der Waals surface area (Å²) in [5.41, 5.74) is 1.50. The lowest BCUT2D eigenvalue weighted by Crippen LogP contribution is -2.25. The molecule has 1 aliphatic heterocycles. The molecule has 7 heteroatoms. The molecule has 0 bridgehead atoms. The molecule has 2 aromatic carbocycles. The highest BCUT2D eigenvalue weighted by molar-refractivity contribution is 6.54. The van der Waals surface area contributed by atoms with Gasteiger partial charge in [-0.05, 0) is 24.3 Å². The SMILES string of the molecule is CN1C(=O)/C(=N/OC(=O)c2ccc(Cl)cc2Cl)c2ccccc21. The molecule has 3 rings (SSSR count). The summed E-state index contributed by atoms with van der Waals surface area (Å²) in [5.74, 6) is -1.11. The first-order chi connectivity index (χ1) is 11.0. The van der Waals surface area contributed by atoms with Crippen molar-refractivity contribution in [2.75, 3.05) is 11.9 Å². The van der Waals surface area contributed by atoms with Gasteiger partial charge in [0.2, 0.25) is 0 Å². The molecule has 0 fully saturated rings. The maximum atomic E-state index is 12.2. The van der Waals surface area contributed by atoms with Crippen molar-refractivity contribution in [3.8, 4) is 0 Å². The van der Waals surface area contributed by atoms with E-state index in [4.69, 9.17) is 28.0 Å². The molecule has 1 heterocycles. The Morgan fingerprint density at radius 1 is 1.17 bits per heavy atom. The fraction of sp³-hybridized carbons (Fsp3) is 0.0625. The van der Waals surface area contributed by atoms with Crippen LogP contribution in [0.4, 0.5) is 5.69 Å². The Balaban J connectivity index is 1.88. The number of benzene rings is 2. The van der Waals surface area contributed by atoms with Gasteiger partial charge in [-0.3, -0.25) is 4.79 Å². The van der Waals surface area contributed by atoms with Crippen LogP contribution in [0.3, 0.4) is 0 Å². The van der Waals surface area contributed by atoms with Crippen molar-refractivity contribution in [1.29, 1.82) is 0 Å². The Morgan fingerprint density at radius 2 is 1.91 bits per heavy atom. The Morgan fingerprint density at radius 3 is 2.65 bits per heavy atom. The molecule has 1 aliphatic rings. The van der Waals surface area contributed by atoms with Gasteiger partial charge in [-0.1, -0.05) is 46.6 Å². The normalized spacial score (nSPS) is 15.0. The number of amides is 1. The summed E-state index contributed by atoms with van der Waals surface area (Å²) in [6, 6.07) is 11.5. The number of hydrogen-bond donors (Lipinski definition) is 0. The number of carbonyl (C=O) groups is 2. The topological polar surface area (TPSA) is 59.0 Å². The first kappa shape index (κ1) is 15.5. The van der Waals surface area contributed by atoms with Crippen molar-refractivity contribution < 1.29 is 14.4 Å². The van der Waals surface area contributed by atoms with Crippen molar-refractivity contribution in [1.82, 2.24) is 0 Å². The van der Waals surface area contributed by atoms with Gasteiger partial charge in [-0.15, -0.1) is 0 Å². The van der Waals surface area contributed by atoms with Crippen molar-refractivity contribution in [3.05, 3.63) is 63.6 Å². The van der Waals surface area contributed by atoms with Gasteiger partial charge in [0.05, 0.1) is 16.3 Å². The standard InChI is InChI=1S/C16H10Cl2N2O3/c1-20-13-5-3-2-4-11(13)14(15(20)21)19-23-16(22)10-7-6-9(17)8-12(10)18/h2-8H,1H3/b19-14+. The predicted octanol–water partition coefficient (Wildman–Crippen LogP) is 3.53. The zero-order chi connectivity index (χ0) is 16.6. The maximum Gasteiger partial charge on any atom is 0.367 e. The van der Waals surface area contributed by atoms with Crippen LogP contribution < -0.4 is 4.90 Å². The quantitative estimate of drug-likeness (QED) is 0.616. The number of rotatable bonds is 2. The molecule has 0 aromatic heterocycles. The van der Waals surface area contributed by atoms with Crippen LogP contribution in [0.2, 0.25) is 10.0 Å². The van der Waals surface area contributed by atoms with Crippen molar-refractivity contribution in [2.24, 2.45) is 5.16 Å². The lowest BCUT2D eigenvalue weighted by Gasteiger charge is -2.07. The third-order valence-electron chi connectivity index (χ3n) is 3.40. The largest absolute Gasteiger partial charge is 0.367 e. The fourth-order valence-corrected chi connectivity index (χ4v) is 2.71. The molecule has 2 aromatic rings. The second kappa shape index (κ2) is 6.02. The zero-order valence-corrected chi connectivity index (χ0v) is 13.4. The summed E-state index contributed by atoms with van der Waals surface area (Å²) in [6.07, 6.45) is 0. The van der Waals surface area contributed by atoms with E-state index >= 15 is 0 Å². The number of nitrogens with zero attached hydrogens (tertiary/aromatic N) is 2. The first-order valence-electron chi connectivity index (χ1n) is 6.61. The predicted molar refractivity (Wildman–Crippen MR) is 88.3 cm³/mol.